The minimum atomic E-state index is -0.243. The first-order chi connectivity index (χ1) is 28.4. The summed E-state index contributed by atoms with van der Waals surface area (Å²) in [6, 6.07) is 64.7. The van der Waals surface area contributed by atoms with Gasteiger partial charge in [-0.1, -0.05) is 104 Å². The van der Waals surface area contributed by atoms with Crippen molar-refractivity contribution in [1.82, 2.24) is 0 Å². The van der Waals surface area contributed by atoms with Crippen molar-refractivity contribution in [3.8, 4) is 11.5 Å². The number of hydrogen-bond acceptors (Lipinski definition) is 4. The second kappa shape index (κ2) is 12.3. The van der Waals surface area contributed by atoms with E-state index in [9.17, 15) is 0 Å². The highest BCUT2D eigenvalue weighted by atomic mass is 16.5. The Hall–Kier alpha value is -6.98. The van der Waals surface area contributed by atoms with Crippen LogP contribution in [0.15, 0.2) is 176 Å². The average Bonchev–Trinajstić information content (AvgIpc) is 3.24. The number of ether oxygens (including phenoxy) is 1. The third-order valence-electron chi connectivity index (χ3n) is 12.9. The van der Waals surface area contributed by atoms with E-state index in [1.165, 1.54) is 72.6 Å². The van der Waals surface area contributed by atoms with Crippen LogP contribution in [-0.4, -0.2) is 6.71 Å². The normalized spacial score (nSPS) is 14.6. The molecule has 0 atom stereocenters. The van der Waals surface area contributed by atoms with Gasteiger partial charge in [-0.15, -0.1) is 0 Å². The summed E-state index contributed by atoms with van der Waals surface area (Å²) in [5.74, 6) is 1.84. The maximum absolute atomic E-state index is 6.53. The number of benzene rings is 8. The van der Waals surface area contributed by atoms with E-state index in [2.05, 4.69) is 211 Å². The molecule has 5 heteroatoms. The number of rotatable bonds is 5. The van der Waals surface area contributed by atoms with Crippen molar-refractivity contribution in [1.29, 1.82) is 0 Å². The molecule has 2 bridgehead atoms. The van der Waals surface area contributed by atoms with Crippen LogP contribution < -0.4 is 35.8 Å². The van der Waals surface area contributed by atoms with Gasteiger partial charge < -0.3 is 19.4 Å². The molecule has 58 heavy (non-hydrogen) atoms. The largest absolute Gasteiger partial charge is 0.457 e. The van der Waals surface area contributed by atoms with Gasteiger partial charge in [0, 0.05) is 67.7 Å². The SMILES string of the molecule is Cc1ccc(N2c3cc(N(c4ccccc4)c4ccc5c(c4)C(C)(C)c4ccccc4O5)ccc3B3c4c5cc(cc4N(c4ccccc4)c4cccc2c43)C5)cc1. The first-order valence-corrected chi connectivity index (χ1v) is 20.3. The summed E-state index contributed by atoms with van der Waals surface area (Å²) in [5.41, 5.74) is 20.9. The molecule has 0 saturated carbocycles. The molecule has 4 nitrogen and oxygen atoms in total. The molecular formula is C53H40BN3O. The topological polar surface area (TPSA) is 19.0 Å². The highest BCUT2D eigenvalue weighted by Gasteiger charge is 2.45. The molecule has 276 valence electrons. The molecule has 0 N–H and O–H groups in total. The molecule has 13 rings (SSSR count). The molecule has 5 aliphatic rings. The van der Waals surface area contributed by atoms with Gasteiger partial charge in [-0.3, -0.25) is 0 Å². The fraction of sp³-hybridized carbons (Fsp3) is 0.0943. The Morgan fingerprint density at radius 1 is 0.517 bits per heavy atom. The predicted molar refractivity (Wildman–Crippen MR) is 241 cm³/mol. The van der Waals surface area contributed by atoms with Crippen LogP contribution in [0, 0.1) is 6.92 Å². The molecule has 0 fully saturated rings. The van der Waals surface area contributed by atoms with Gasteiger partial charge >= 0.3 is 0 Å². The first kappa shape index (κ1) is 33.2. The summed E-state index contributed by atoms with van der Waals surface area (Å²) in [7, 11) is 0. The Bertz CT molecular complexity index is 2960. The lowest BCUT2D eigenvalue weighted by atomic mass is 9.32. The summed E-state index contributed by atoms with van der Waals surface area (Å²) < 4.78 is 6.53. The fourth-order valence-electron chi connectivity index (χ4n) is 10.1. The molecule has 0 amide bonds. The quantitative estimate of drug-likeness (QED) is 0.163. The van der Waals surface area contributed by atoms with Crippen molar-refractivity contribution >= 4 is 74.3 Å². The zero-order valence-electron chi connectivity index (χ0n) is 32.8. The number of nitrogens with zero attached hydrogens (tertiary/aromatic N) is 3. The third kappa shape index (κ3) is 4.77. The Balaban J connectivity index is 1.09. The van der Waals surface area contributed by atoms with Crippen molar-refractivity contribution in [3.63, 3.8) is 0 Å². The number of aryl methyl sites for hydroxylation is 1. The van der Waals surface area contributed by atoms with Gasteiger partial charge in [0.25, 0.3) is 6.71 Å². The van der Waals surface area contributed by atoms with Crippen molar-refractivity contribution < 1.29 is 4.74 Å². The first-order valence-electron chi connectivity index (χ1n) is 20.3. The Morgan fingerprint density at radius 3 is 1.93 bits per heavy atom. The number of hydrogen-bond donors (Lipinski definition) is 0. The molecule has 0 spiro atoms. The van der Waals surface area contributed by atoms with Crippen LogP contribution in [0.2, 0.25) is 0 Å². The molecule has 3 heterocycles. The smallest absolute Gasteiger partial charge is 0.252 e. The maximum Gasteiger partial charge on any atom is 0.252 e. The molecule has 3 aliphatic heterocycles. The fourth-order valence-corrected chi connectivity index (χ4v) is 10.1. The summed E-state index contributed by atoms with van der Waals surface area (Å²) in [4.78, 5) is 7.41. The van der Waals surface area contributed by atoms with E-state index in [1.807, 2.05) is 0 Å². The average molecular weight is 746 g/mol. The highest BCUT2D eigenvalue weighted by Crippen LogP contribution is 2.51. The summed E-state index contributed by atoms with van der Waals surface area (Å²) in [6.07, 6.45) is 1.02. The van der Waals surface area contributed by atoms with Crippen molar-refractivity contribution in [3.05, 3.63) is 204 Å². The molecule has 0 aromatic heterocycles. The molecule has 0 saturated heterocycles. The minimum Gasteiger partial charge on any atom is -0.457 e. The minimum absolute atomic E-state index is 0.0863. The zero-order chi connectivity index (χ0) is 38.7. The van der Waals surface area contributed by atoms with Crippen LogP contribution in [0.25, 0.3) is 0 Å². The van der Waals surface area contributed by atoms with E-state index >= 15 is 0 Å². The van der Waals surface area contributed by atoms with E-state index < -0.39 is 0 Å². The second-order valence-corrected chi connectivity index (χ2v) is 16.7. The molecule has 8 aromatic rings. The van der Waals surface area contributed by atoms with E-state index in [0.717, 1.165) is 40.7 Å². The number of anilines is 9. The molecule has 0 radical (unpaired) electrons. The lowest BCUT2D eigenvalue weighted by Crippen LogP contribution is -2.62. The maximum atomic E-state index is 6.53. The second-order valence-electron chi connectivity index (χ2n) is 16.7. The van der Waals surface area contributed by atoms with Crippen LogP contribution in [0.3, 0.4) is 0 Å². The molecule has 0 unspecified atom stereocenters. The third-order valence-corrected chi connectivity index (χ3v) is 12.9. The van der Waals surface area contributed by atoms with E-state index in [4.69, 9.17) is 4.74 Å². The van der Waals surface area contributed by atoms with Crippen LogP contribution >= 0.6 is 0 Å². The molecular weight excluding hydrogens is 705 g/mol. The van der Waals surface area contributed by atoms with Crippen molar-refractivity contribution in [2.24, 2.45) is 0 Å². The van der Waals surface area contributed by atoms with Gasteiger partial charge in [0.2, 0.25) is 0 Å². The molecule has 8 aromatic carbocycles. The monoisotopic (exact) mass is 745 g/mol. The van der Waals surface area contributed by atoms with E-state index in [0.29, 0.717) is 0 Å². The van der Waals surface area contributed by atoms with Gasteiger partial charge in [0.05, 0.1) is 0 Å². The van der Waals surface area contributed by atoms with Crippen LogP contribution in [0.1, 0.15) is 41.7 Å². The van der Waals surface area contributed by atoms with Gasteiger partial charge in [0.15, 0.2) is 0 Å². The van der Waals surface area contributed by atoms with Gasteiger partial charge in [-0.05, 0) is 132 Å². The van der Waals surface area contributed by atoms with E-state index in [1.54, 1.807) is 0 Å². The van der Waals surface area contributed by atoms with Crippen LogP contribution in [-0.2, 0) is 11.8 Å². The van der Waals surface area contributed by atoms with Gasteiger partial charge in [-0.2, -0.15) is 0 Å². The van der Waals surface area contributed by atoms with Crippen molar-refractivity contribution in [2.75, 3.05) is 14.7 Å². The zero-order valence-corrected chi connectivity index (χ0v) is 32.8. The summed E-state index contributed by atoms with van der Waals surface area (Å²) in [5, 5.41) is 0. The van der Waals surface area contributed by atoms with Crippen LogP contribution in [0.4, 0.5) is 51.2 Å². The standard InChI is InChI=1S/C53H40BN3O/c1-34-21-23-39(24-22-34)56-45-18-12-19-46-52(45)54(51-36-29-35(30-36)31-48(51)57(46)38-15-8-5-9-16-38)44-27-25-41(33-47(44)56)55(37-13-6-4-7-14-37)40-26-28-50-43(32-40)53(2,3)42-17-10-11-20-49(42)58-50/h4-29,31-33H,30H2,1-3H3. The molecule has 2 aliphatic carbocycles. The Kier molecular flexibility index (Phi) is 7.02. The van der Waals surface area contributed by atoms with Crippen molar-refractivity contribution in [2.45, 2.75) is 32.6 Å². The van der Waals surface area contributed by atoms with E-state index in [-0.39, 0.29) is 12.1 Å². The summed E-state index contributed by atoms with van der Waals surface area (Å²) in [6.45, 7) is 6.86. The number of para-hydroxylation sites is 3. The Labute approximate surface area is 340 Å². The highest BCUT2D eigenvalue weighted by molar-refractivity contribution is 7.00. The summed E-state index contributed by atoms with van der Waals surface area (Å²) >= 11 is 0. The van der Waals surface area contributed by atoms with Gasteiger partial charge in [-0.25, -0.2) is 0 Å². The van der Waals surface area contributed by atoms with Crippen LogP contribution in [0.5, 0.6) is 11.5 Å². The predicted octanol–water partition coefficient (Wildman–Crippen LogP) is 11.9. The lowest BCUT2D eigenvalue weighted by Gasteiger charge is -2.46. The van der Waals surface area contributed by atoms with Gasteiger partial charge in [0.1, 0.15) is 11.5 Å². The number of fused-ring (bicyclic) bond motifs is 4. The Morgan fingerprint density at radius 2 is 1.16 bits per heavy atom. The lowest BCUT2D eigenvalue weighted by molar-refractivity contribution is 0.418.